The van der Waals surface area contributed by atoms with Gasteiger partial charge in [-0.3, -0.25) is 38.4 Å². The van der Waals surface area contributed by atoms with Crippen molar-refractivity contribution in [3.8, 4) is 5.75 Å². The van der Waals surface area contributed by atoms with Crippen molar-refractivity contribution in [3.63, 3.8) is 0 Å². The summed E-state index contributed by atoms with van der Waals surface area (Å²) in [6.45, 7) is 0.253. The third-order valence-electron chi connectivity index (χ3n) is 14.5. The largest absolute Gasteiger partial charge is 0.482 e. The van der Waals surface area contributed by atoms with Crippen LogP contribution in [0.2, 0.25) is 0 Å². The van der Waals surface area contributed by atoms with E-state index in [2.05, 4.69) is 21.3 Å². The predicted octanol–water partition coefficient (Wildman–Crippen LogP) is 3.91. The lowest BCUT2D eigenvalue weighted by Crippen LogP contribution is -2.55. The van der Waals surface area contributed by atoms with Crippen LogP contribution in [-0.4, -0.2) is 137 Å². The van der Waals surface area contributed by atoms with Gasteiger partial charge in [-0.1, -0.05) is 38.5 Å². The van der Waals surface area contributed by atoms with Gasteiger partial charge in [0.05, 0.1) is 16.4 Å². The highest BCUT2D eigenvalue weighted by Crippen LogP contribution is 2.37. The summed E-state index contributed by atoms with van der Waals surface area (Å²) in [5, 5.41) is 10.6. The Morgan fingerprint density at radius 1 is 0.597 bits per heavy atom. The average Bonchev–Trinajstić information content (AvgIpc) is 4.07. The fourth-order valence-corrected chi connectivity index (χ4v) is 11.8. The maximum atomic E-state index is 13.8. The summed E-state index contributed by atoms with van der Waals surface area (Å²) in [4.78, 5) is 105. The van der Waals surface area contributed by atoms with Gasteiger partial charge in [-0.25, -0.2) is 0 Å². The van der Waals surface area contributed by atoms with Crippen molar-refractivity contribution in [1.82, 2.24) is 20.4 Å². The third-order valence-corrected chi connectivity index (χ3v) is 15.3. The number of fused-ring (bicyclic) bond motifs is 4. The molecule has 6 heterocycles. The molecule has 67 heavy (non-hydrogen) atoms. The first-order valence-electron chi connectivity index (χ1n) is 23.6. The fraction of sp³-hybridized carbons (Fsp3) is 0.583. The molecule has 10 rings (SSSR count). The van der Waals surface area contributed by atoms with E-state index in [-0.39, 0.29) is 85.8 Å². The smallest absolute Gasteiger partial charge is 0.262 e. The second-order valence-electron chi connectivity index (χ2n) is 18.9. The number of hydrogen-bond acceptors (Lipinski definition) is 11. The van der Waals surface area contributed by atoms with Gasteiger partial charge >= 0.3 is 0 Å². The number of halogens is 2. The molecule has 6 amide bonds. The number of alkyl halides is 2. The number of benzene rings is 2. The number of Topliss-reactive ketones (excluding diaryl/α,β-unsaturated/α-hetero) is 2. The van der Waals surface area contributed by atoms with Gasteiger partial charge in [0.25, 0.3) is 17.7 Å². The molecule has 6 aliphatic heterocycles. The number of nitrogens with one attached hydrogen (secondary N) is 4. The molecular weight excluding hydrogens is 907 g/mol. The highest BCUT2D eigenvalue weighted by atomic mass is 35.5. The third kappa shape index (κ3) is 9.93. The zero-order valence-corrected chi connectivity index (χ0v) is 38.6. The Balaban J connectivity index is 0.000000168. The van der Waals surface area contributed by atoms with Gasteiger partial charge in [-0.15, -0.1) is 23.2 Å². The Kier molecular flexibility index (Phi) is 14.2. The quantitative estimate of drug-likeness (QED) is 0.278. The number of nitrogens with zero attached hydrogens (tertiary/aromatic N) is 2. The average molecular weight is 964 g/mol. The monoisotopic (exact) mass is 962 g/mol. The molecule has 17 nitrogen and oxygen atoms in total. The molecule has 4 N–H and O–H groups in total. The zero-order chi connectivity index (χ0) is 46.9. The number of likely N-dealkylation sites (tertiary alicyclic amines) is 2. The molecule has 0 radical (unpaired) electrons. The van der Waals surface area contributed by atoms with E-state index in [1.54, 1.807) is 36.4 Å². The van der Waals surface area contributed by atoms with E-state index in [1.165, 1.54) is 9.80 Å². The van der Waals surface area contributed by atoms with Crippen LogP contribution in [-0.2, 0) is 44.7 Å². The number of carbonyl (C=O) groups is 8. The fourth-order valence-electron chi connectivity index (χ4n) is 11.1. The standard InChI is InChI=1S/C25H30ClN3O5.C23H26ClN3O6/c26-17-12-29(22-19(30)13-34-23(17)22)25(33)21(14-5-2-1-3-6-14)28-24(32)16-9-10-18-15(11-16)7-4-8-20(31)27-18;24-14-9-27(20-16(28)10-33-21(14)20)23(31)19(12-4-2-1-3-5-12)26-22(30)13-6-7-15-17(8-13)32-11-18(29)25-15/h9-11,14,17,21-23H,1-8,12-13H2,(H,27,31)(H,28,32);6-8,12,14,19-21H,1-5,9-11H2,(H,25,29)(H,26,30)/t17-,21-,22+,23+;14-,19-,20+,21+/m00/s1. The van der Waals surface area contributed by atoms with Gasteiger partial charge in [0.15, 0.2) is 18.2 Å². The Morgan fingerprint density at radius 3 is 1.63 bits per heavy atom. The number of hydrogen-bond donors (Lipinski definition) is 4. The first-order valence-corrected chi connectivity index (χ1v) is 24.5. The lowest BCUT2D eigenvalue weighted by atomic mass is 9.83. The number of carbonyl (C=O) groups excluding carboxylic acids is 8. The Labute approximate surface area is 398 Å². The van der Waals surface area contributed by atoms with Crippen LogP contribution >= 0.6 is 23.2 Å². The summed E-state index contributed by atoms with van der Waals surface area (Å²) in [6, 6.07) is 7.14. The number of rotatable bonds is 8. The minimum Gasteiger partial charge on any atom is -0.482 e. The highest BCUT2D eigenvalue weighted by Gasteiger charge is 2.55. The van der Waals surface area contributed by atoms with E-state index in [0.29, 0.717) is 35.4 Å². The molecule has 2 aliphatic carbocycles. The van der Waals surface area contributed by atoms with Crippen LogP contribution < -0.4 is 26.0 Å². The van der Waals surface area contributed by atoms with Crippen LogP contribution in [0.15, 0.2) is 36.4 Å². The van der Waals surface area contributed by atoms with Gasteiger partial charge in [-0.2, -0.15) is 0 Å². The van der Waals surface area contributed by atoms with Gasteiger partial charge < -0.3 is 45.3 Å². The van der Waals surface area contributed by atoms with Crippen LogP contribution in [0, 0.1) is 11.8 Å². The van der Waals surface area contributed by atoms with Crippen LogP contribution in [0.3, 0.4) is 0 Å². The normalized spacial score (nSPS) is 28.0. The molecular formula is C48H56Cl2N6O11. The number of ketones is 2. The zero-order valence-electron chi connectivity index (χ0n) is 37.1. The minimum atomic E-state index is -0.759. The van der Waals surface area contributed by atoms with Crippen molar-refractivity contribution in [2.45, 2.75) is 131 Å². The Morgan fingerprint density at radius 2 is 1.09 bits per heavy atom. The molecule has 6 fully saturated rings. The summed E-state index contributed by atoms with van der Waals surface area (Å²) in [5.74, 6) is -1.44. The Bertz CT molecular complexity index is 2320. The second-order valence-corrected chi connectivity index (χ2v) is 20.0. The topological polar surface area (TPSA) is 219 Å². The van der Waals surface area contributed by atoms with E-state index in [4.69, 9.17) is 37.4 Å². The van der Waals surface area contributed by atoms with Gasteiger partial charge in [0, 0.05) is 36.3 Å². The van der Waals surface area contributed by atoms with E-state index in [9.17, 15) is 38.4 Å². The summed E-state index contributed by atoms with van der Waals surface area (Å²) < 4.78 is 16.5. The molecule has 2 aromatic rings. The molecule has 19 heteroatoms. The first-order chi connectivity index (χ1) is 32.3. The van der Waals surface area contributed by atoms with Crippen molar-refractivity contribution in [2.75, 3.05) is 43.5 Å². The summed E-state index contributed by atoms with van der Waals surface area (Å²) in [7, 11) is 0. The van der Waals surface area contributed by atoms with Crippen LogP contribution in [0.4, 0.5) is 11.4 Å². The molecule has 2 aromatic carbocycles. The number of aryl methyl sites for hydroxylation is 1. The SMILES string of the molecule is O=C1CCCc2cc(C(=O)N[C@H](C(=O)N3C[C@H](Cl)[C@H]4OCC(=O)[C@H]43)C3CCCCC3)ccc2N1.O=C1COc2cc(C(=O)N[C@H](C(=O)N3C[C@H](Cl)[C@H]4OCC(=O)[C@H]43)C3CCCCC3)ccc2N1. The summed E-state index contributed by atoms with van der Waals surface area (Å²) in [5.41, 5.74) is 2.93. The lowest BCUT2D eigenvalue weighted by Gasteiger charge is -2.34. The number of amides is 6. The minimum absolute atomic E-state index is 0.00978. The van der Waals surface area contributed by atoms with Gasteiger partial charge in [-0.05, 0) is 92.3 Å². The van der Waals surface area contributed by atoms with Crippen molar-refractivity contribution < 1.29 is 52.6 Å². The molecule has 8 aliphatic rings. The van der Waals surface area contributed by atoms with E-state index in [1.807, 2.05) is 0 Å². The van der Waals surface area contributed by atoms with Crippen molar-refractivity contribution in [1.29, 1.82) is 0 Å². The van der Waals surface area contributed by atoms with Crippen LogP contribution in [0.25, 0.3) is 0 Å². The lowest BCUT2D eigenvalue weighted by molar-refractivity contribution is -0.139. The maximum absolute atomic E-state index is 13.8. The molecule has 4 saturated heterocycles. The van der Waals surface area contributed by atoms with E-state index in [0.717, 1.165) is 81.9 Å². The van der Waals surface area contributed by atoms with Crippen molar-refractivity contribution >= 4 is 81.6 Å². The predicted molar refractivity (Wildman–Crippen MR) is 244 cm³/mol. The molecule has 0 aromatic heterocycles. The second kappa shape index (κ2) is 20.2. The van der Waals surface area contributed by atoms with Crippen molar-refractivity contribution in [3.05, 3.63) is 53.1 Å². The van der Waals surface area contributed by atoms with Crippen LogP contribution in [0.1, 0.15) is 103 Å². The van der Waals surface area contributed by atoms with Gasteiger partial charge in [0.2, 0.25) is 17.7 Å². The first kappa shape index (κ1) is 47.0. The number of anilines is 2. The molecule has 2 saturated carbocycles. The highest BCUT2D eigenvalue weighted by molar-refractivity contribution is 6.23. The summed E-state index contributed by atoms with van der Waals surface area (Å²) >= 11 is 12.8. The maximum Gasteiger partial charge on any atom is 0.262 e. The Hall–Kier alpha value is -5.10. The molecule has 0 spiro atoms. The molecule has 0 bridgehead atoms. The molecule has 8 atom stereocenters. The van der Waals surface area contributed by atoms with E-state index < -0.39 is 53.0 Å². The molecule has 0 unspecified atom stereocenters. The van der Waals surface area contributed by atoms with Gasteiger partial charge in [0.1, 0.15) is 55.3 Å². The molecule has 358 valence electrons. The van der Waals surface area contributed by atoms with Crippen molar-refractivity contribution in [2.24, 2.45) is 11.8 Å². The van der Waals surface area contributed by atoms with E-state index >= 15 is 0 Å². The number of ether oxygens (including phenoxy) is 3. The van der Waals surface area contributed by atoms with Crippen LogP contribution in [0.5, 0.6) is 5.75 Å². The summed E-state index contributed by atoms with van der Waals surface area (Å²) in [6.07, 6.45) is 10.5.